The van der Waals surface area contributed by atoms with E-state index in [2.05, 4.69) is 21.2 Å². The van der Waals surface area contributed by atoms with Gasteiger partial charge < -0.3 is 4.57 Å². The Balaban J connectivity index is 1.43. The largest absolute Gasteiger partial charge is 0.325 e. The quantitative estimate of drug-likeness (QED) is 0.800. The molecule has 0 bridgehead atoms. The lowest BCUT2D eigenvalue weighted by molar-refractivity contribution is 0.145. The molecule has 1 unspecified atom stereocenters. The Morgan fingerprint density at radius 1 is 1.04 bits per heavy atom. The molecule has 1 aliphatic carbocycles. The third kappa shape index (κ3) is 2.89. The number of rotatable bonds is 3. The van der Waals surface area contributed by atoms with Crippen molar-refractivity contribution in [2.45, 2.75) is 56.5 Å². The number of nitrogens with zero attached hydrogens (tertiary/aromatic N) is 3. The van der Waals surface area contributed by atoms with Crippen LogP contribution in [0.3, 0.4) is 0 Å². The molecule has 3 aliphatic rings. The third-order valence-corrected chi connectivity index (χ3v) is 7.58. The fourth-order valence-electron chi connectivity index (χ4n) is 4.75. The van der Waals surface area contributed by atoms with Crippen LogP contribution in [0.15, 0.2) is 18.2 Å². The summed E-state index contributed by atoms with van der Waals surface area (Å²) in [4.78, 5) is 7.58. The molecule has 2 aromatic rings. The van der Waals surface area contributed by atoms with Crippen LogP contribution in [0.2, 0.25) is 0 Å². The summed E-state index contributed by atoms with van der Waals surface area (Å²) < 4.78 is 16.2. The van der Waals surface area contributed by atoms with Crippen molar-refractivity contribution in [2.24, 2.45) is 0 Å². The van der Waals surface area contributed by atoms with Crippen LogP contribution in [-0.2, 0) is 0 Å². The molecular weight excluding hydrogens is 333 g/mol. The third-order valence-electron chi connectivity index (χ3n) is 6.44. The smallest absolute Gasteiger partial charge is 0.125 e. The van der Waals surface area contributed by atoms with E-state index in [9.17, 15) is 4.39 Å². The number of fused-ring (bicyclic) bond motifs is 1. The molecule has 1 aromatic carbocycles. The van der Waals surface area contributed by atoms with E-state index in [1.165, 1.54) is 68.9 Å². The Morgan fingerprint density at radius 2 is 1.88 bits per heavy atom. The molecule has 3 nitrogen and oxygen atoms in total. The van der Waals surface area contributed by atoms with Gasteiger partial charge in [0.15, 0.2) is 0 Å². The summed E-state index contributed by atoms with van der Waals surface area (Å²) in [6.07, 6.45) is 7.54. The number of thioether (sulfide) groups is 1. The fraction of sp³-hybridized carbons (Fsp3) is 0.650. The predicted octanol–water partition coefficient (Wildman–Crippen LogP) is 4.59. The molecule has 0 N–H and O–H groups in total. The lowest BCUT2D eigenvalue weighted by atomic mass is 9.84. The first-order valence-electron chi connectivity index (χ1n) is 9.79. The lowest BCUT2D eigenvalue weighted by Gasteiger charge is -2.38. The molecule has 0 amide bonds. The SMILES string of the molecule is Fc1ccc2c(c1)nc(C1CCC1)n2C1CCN(C2CCSC2)CC1. The molecule has 2 aliphatic heterocycles. The summed E-state index contributed by atoms with van der Waals surface area (Å²) >= 11 is 2.10. The van der Waals surface area contributed by atoms with Crippen LogP contribution in [0, 0.1) is 5.82 Å². The van der Waals surface area contributed by atoms with Crippen molar-refractivity contribution in [3.8, 4) is 0 Å². The minimum atomic E-state index is -0.175. The van der Waals surface area contributed by atoms with Crippen LogP contribution < -0.4 is 0 Å². The maximum Gasteiger partial charge on any atom is 0.125 e. The monoisotopic (exact) mass is 359 g/mol. The van der Waals surface area contributed by atoms with Gasteiger partial charge in [-0.25, -0.2) is 9.37 Å². The molecule has 5 heteroatoms. The Kier molecular flexibility index (Phi) is 4.25. The summed E-state index contributed by atoms with van der Waals surface area (Å²) in [5.41, 5.74) is 1.98. The zero-order chi connectivity index (χ0) is 16.8. The Labute approximate surface area is 153 Å². The highest BCUT2D eigenvalue weighted by atomic mass is 32.2. The number of hydrogen-bond donors (Lipinski definition) is 0. The standard InChI is InChI=1S/C20H26FN3S/c21-15-4-5-19-18(12-15)22-20(14-2-1-3-14)24(19)16-6-9-23(10-7-16)17-8-11-25-13-17/h4-5,12,14,16-17H,1-3,6-11,13H2. The number of halogens is 1. The van der Waals surface area contributed by atoms with Crippen molar-refractivity contribution in [1.29, 1.82) is 0 Å². The predicted molar refractivity (Wildman–Crippen MR) is 102 cm³/mol. The first kappa shape index (κ1) is 16.1. The molecular formula is C20H26FN3S. The Morgan fingerprint density at radius 3 is 2.56 bits per heavy atom. The fourth-order valence-corrected chi connectivity index (χ4v) is 6.00. The van der Waals surface area contributed by atoms with E-state index < -0.39 is 0 Å². The van der Waals surface area contributed by atoms with Gasteiger partial charge >= 0.3 is 0 Å². The van der Waals surface area contributed by atoms with E-state index in [0.717, 1.165) is 17.1 Å². The van der Waals surface area contributed by atoms with Gasteiger partial charge in [-0.3, -0.25) is 4.90 Å². The highest BCUT2D eigenvalue weighted by molar-refractivity contribution is 7.99. The number of aromatic nitrogens is 2. The second-order valence-corrected chi connectivity index (χ2v) is 9.04. The van der Waals surface area contributed by atoms with Gasteiger partial charge in [-0.2, -0.15) is 11.8 Å². The Hall–Kier alpha value is -1.07. The molecule has 3 fully saturated rings. The minimum Gasteiger partial charge on any atom is -0.325 e. The summed E-state index contributed by atoms with van der Waals surface area (Å²) in [6, 6.07) is 6.47. The molecule has 2 saturated heterocycles. The van der Waals surface area contributed by atoms with Gasteiger partial charge in [0.25, 0.3) is 0 Å². The van der Waals surface area contributed by atoms with E-state index >= 15 is 0 Å². The molecule has 5 rings (SSSR count). The number of hydrogen-bond acceptors (Lipinski definition) is 3. The van der Waals surface area contributed by atoms with E-state index in [1.807, 2.05) is 6.07 Å². The highest BCUT2D eigenvalue weighted by Crippen LogP contribution is 2.40. The molecule has 3 heterocycles. The average molecular weight is 360 g/mol. The topological polar surface area (TPSA) is 21.1 Å². The zero-order valence-corrected chi connectivity index (χ0v) is 15.5. The van der Waals surface area contributed by atoms with Crippen LogP contribution >= 0.6 is 11.8 Å². The maximum atomic E-state index is 13.7. The molecule has 1 saturated carbocycles. The highest BCUT2D eigenvalue weighted by Gasteiger charge is 2.32. The van der Waals surface area contributed by atoms with Crippen LogP contribution in [0.25, 0.3) is 11.0 Å². The molecule has 0 radical (unpaired) electrons. The van der Waals surface area contributed by atoms with Crippen molar-refractivity contribution < 1.29 is 4.39 Å². The van der Waals surface area contributed by atoms with E-state index in [4.69, 9.17) is 4.98 Å². The number of imidazole rings is 1. The number of benzene rings is 1. The van der Waals surface area contributed by atoms with Crippen LogP contribution in [-0.4, -0.2) is 45.1 Å². The second kappa shape index (κ2) is 6.58. The summed E-state index contributed by atoms with van der Waals surface area (Å²) in [7, 11) is 0. The van der Waals surface area contributed by atoms with Crippen molar-refractivity contribution in [3.05, 3.63) is 29.8 Å². The van der Waals surface area contributed by atoms with Crippen LogP contribution in [0.1, 0.15) is 56.3 Å². The van der Waals surface area contributed by atoms with E-state index in [0.29, 0.717) is 12.0 Å². The van der Waals surface area contributed by atoms with Gasteiger partial charge in [-0.1, -0.05) is 6.42 Å². The van der Waals surface area contributed by atoms with Gasteiger partial charge in [0.1, 0.15) is 11.6 Å². The molecule has 1 aromatic heterocycles. The van der Waals surface area contributed by atoms with Crippen LogP contribution in [0.5, 0.6) is 0 Å². The average Bonchev–Trinajstić information content (AvgIpc) is 3.21. The minimum absolute atomic E-state index is 0.175. The lowest BCUT2D eigenvalue weighted by Crippen LogP contribution is -2.42. The van der Waals surface area contributed by atoms with Gasteiger partial charge in [0.2, 0.25) is 0 Å². The molecule has 134 valence electrons. The molecule has 25 heavy (non-hydrogen) atoms. The molecule has 0 spiro atoms. The van der Waals surface area contributed by atoms with Gasteiger partial charge in [0.05, 0.1) is 11.0 Å². The van der Waals surface area contributed by atoms with Gasteiger partial charge in [0, 0.05) is 42.9 Å². The molecule has 1 atom stereocenters. The van der Waals surface area contributed by atoms with E-state index in [1.54, 1.807) is 12.1 Å². The summed E-state index contributed by atoms with van der Waals surface area (Å²) in [5.74, 6) is 4.27. The summed E-state index contributed by atoms with van der Waals surface area (Å²) in [6.45, 7) is 2.39. The van der Waals surface area contributed by atoms with Crippen LogP contribution in [0.4, 0.5) is 4.39 Å². The van der Waals surface area contributed by atoms with Gasteiger partial charge in [-0.05, 0) is 50.0 Å². The van der Waals surface area contributed by atoms with Crippen molar-refractivity contribution in [3.63, 3.8) is 0 Å². The summed E-state index contributed by atoms with van der Waals surface area (Å²) in [5, 5.41) is 0. The number of likely N-dealkylation sites (tertiary alicyclic amines) is 1. The maximum absolute atomic E-state index is 13.7. The van der Waals surface area contributed by atoms with E-state index in [-0.39, 0.29) is 5.82 Å². The van der Waals surface area contributed by atoms with Crippen molar-refractivity contribution in [2.75, 3.05) is 24.6 Å². The number of piperidine rings is 1. The van der Waals surface area contributed by atoms with Crippen molar-refractivity contribution >= 4 is 22.8 Å². The first-order valence-corrected chi connectivity index (χ1v) is 10.9. The normalized spacial score (nSPS) is 26.4. The van der Waals surface area contributed by atoms with Gasteiger partial charge in [-0.15, -0.1) is 0 Å². The second-order valence-electron chi connectivity index (χ2n) is 7.89. The zero-order valence-electron chi connectivity index (χ0n) is 14.7. The first-order chi connectivity index (χ1) is 12.3. The Bertz CT molecular complexity index is 756. The van der Waals surface area contributed by atoms with Crippen molar-refractivity contribution in [1.82, 2.24) is 14.5 Å².